The maximum Gasteiger partial charge on any atom is 0.251 e. The van der Waals surface area contributed by atoms with Crippen LogP contribution < -0.4 is 5.32 Å². The first kappa shape index (κ1) is 15.6. The van der Waals surface area contributed by atoms with E-state index in [1.165, 1.54) is 12.1 Å². The molecule has 1 amide bonds. The van der Waals surface area contributed by atoms with Crippen LogP contribution in [0.2, 0.25) is 0 Å². The Morgan fingerprint density at radius 1 is 1.33 bits per heavy atom. The summed E-state index contributed by atoms with van der Waals surface area (Å²) in [5, 5.41) is 3.65. The largest absolute Gasteiger partial charge is 0.346 e. The van der Waals surface area contributed by atoms with Crippen LogP contribution in [0.1, 0.15) is 37.0 Å². The highest BCUT2D eigenvalue weighted by molar-refractivity contribution is 9.10. The van der Waals surface area contributed by atoms with Gasteiger partial charge in [0.05, 0.1) is 0 Å². The van der Waals surface area contributed by atoms with Crippen LogP contribution in [0.4, 0.5) is 4.39 Å². The normalized spacial score (nSPS) is 11.4. The molecule has 0 fully saturated rings. The highest BCUT2D eigenvalue weighted by Gasteiger charge is 2.27. The van der Waals surface area contributed by atoms with Gasteiger partial charge in [-0.05, 0) is 31.0 Å². The Bertz CT molecular complexity index is 404. The van der Waals surface area contributed by atoms with E-state index in [2.05, 4.69) is 37.2 Å². The molecule has 0 saturated heterocycles. The predicted molar refractivity (Wildman–Crippen MR) is 78.7 cm³/mol. The molecule has 0 radical (unpaired) electrons. The van der Waals surface area contributed by atoms with E-state index < -0.39 is 5.82 Å². The molecule has 1 rings (SSSR count). The molecule has 0 bridgehead atoms. The van der Waals surface area contributed by atoms with Crippen LogP contribution in [-0.4, -0.2) is 16.8 Å². The molecule has 1 aromatic rings. The van der Waals surface area contributed by atoms with E-state index >= 15 is 0 Å². The molecule has 18 heavy (non-hydrogen) atoms. The molecule has 0 unspecified atom stereocenters. The van der Waals surface area contributed by atoms with Gasteiger partial charge in [-0.25, -0.2) is 4.39 Å². The van der Waals surface area contributed by atoms with E-state index in [1.54, 1.807) is 6.07 Å². The first-order chi connectivity index (χ1) is 8.46. The summed E-state index contributed by atoms with van der Waals surface area (Å²) in [6, 6.07) is 4.18. The molecular weight excluding hydrogens is 365 g/mol. The topological polar surface area (TPSA) is 29.1 Å². The Labute approximate surface area is 124 Å². The molecule has 0 aromatic heterocycles. The van der Waals surface area contributed by atoms with E-state index in [1.807, 2.05) is 13.8 Å². The third kappa shape index (κ3) is 3.79. The summed E-state index contributed by atoms with van der Waals surface area (Å²) in [6.45, 7) is 4.04. The number of amides is 1. The Hall–Kier alpha value is -0.420. The lowest BCUT2D eigenvalue weighted by Crippen LogP contribution is -2.49. The molecule has 0 aliphatic rings. The van der Waals surface area contributed by atoms with Crippen LogP contribution in [0.25, 0.3) is 0 Å². The van der Waals surface area contributed by atoms with Crippen LogP contribution in [0, 0.1) is 5.82 Å². The molecule has 2 nitrogen and oxygen atoms in total. The van der Waals surface area contributed by atoms with Crippen molar-refractivity contribution in [3.05, 3.63) is 34.1 Å². The first-order valence-electron chi connectivity index (χ1n) is 5.81. The van der Waals surface area contributed by atoms with E-state index in [4.69, 9.17) is 0 Å². The van der Waals surface area contributed by atoms with Crippen LogP contribution in [0.5, 0.6) is 0 Å². The Balaban J connectivity index is 2.94. The van der Waals surface area contributed by atoms with Crippen molar-refractivity contribution in [2.24, 2.45) is 0 Å². The Kier molecular flexibility index (Phi) is 5.79. The zero-order chi connectivity index (χ0) is 13.8. The van der Waals surface area contributed by atoms with Gasteiger partial charge in [0.2, 0.25) is 0 Å². The van der Waals surface area contributed by atoms with Gasteiger partial charge in [-0.15, -0.1) is 0 Å². The summed E-state index contributed by atoms with van der Waals surface area (Å²) in [4.78, 5) is 12.1. The van der Waals surface area contributed by atoms with Gasteiger partial charge in [0.1, 0.15) is 5.82 Å². The third-order valence-electron chi connectivity index (χ3n) is 3.11. The number of rotatable bonds is 5. The van der Waals surface area contributed by atoms with E-state index in [0.717, 1.165) is 12.8 Å². The molecule has 1 aromatic carbocycles. The van der Waals surface area contributed by atoms with Crippen LogP contribution >= 0.6 is 31.9 Å². The molecule has 0 aliphatic heterocycles. The molecule has 1 N–H and O–H groups in total. The van der Waals surface area contributed by atoms with Crippen molar-refractivity contribution in [1.82, 2.24) is 5.32 Å². The summed E-state index contributed by atoms with van der Waals surface area (Å²) >= 11 is 6.61. The number of nitrogens with one attached hydrogen (secondary N) is 1. The van der Waals surface area contributed by atoms with Gasteiger partial charge < -0.3 is 5.32 Å². The van der Waals surface area contributed by atoms with Crippen LogP contribution in [-0.2, 0) is 0 Å². The number of carbonyl (C=O) groups excluding carboxylic acids is 1. The minimum Gasteiger partial charge on any atom is -0.346 e. The average Bonchev–Trinajstić information content (AvgIpc) is 2.35. The third-order valence-corrected chi connectivity index (χ3v) is 4.64. The lowest BCUT2D eigenvalue weighted by Gasteiger charge is -2.31. The zero-order valence-corrected chi connectivity index (χ0v) is 13.6. The van der Waals surface area contributed by atoms with Gasteiger partial charge in [0.15, 0.2) is 0 Å². The van der Waals surface area contributed by atoms with Gasteiger partial charge in [0, 0.05) is 20.9 Å². The molecule has 0 heterocycles. The van der Waals surface area contributed by atoms with Gasteiger partial charge in [-0.3, -0.25) is 4.79 Å². The fourth-order valence-electron chi connectivity index (χ4n) is 1.65. The summed E-state index contributed by atoms with van der Waals surface area (Å²) in [6.07, 6.45) is 1.63. The number of hydrogen-bond acceptors (Lipinski definition) is 1. The lowest BCUT2D eigenvalue weighted by molar-refractivity contribution is 0.0903. The fourth-order valence-corrected chi connectivity index (χ4v) is 3.05. The van der Waals surface area contributed by atoms with Crippen molar-refractivity contribution in [2.45, 2.75) is 32.2 Å². The predicted octanol–water partition coefficient (Wildman–Crippen LogP) is 4.27. The quantitative estimate of drug-likeness (QED) is 0.759. The number of benzene rings is 1. The monoisotopic (exact) mass is 379 g/mol. The second-order valence-electron chi connectivity index (χ2n) is 4.23. The molecule has 0 atom stereocenters. The highest BCUT2D eigenvalue weighted by Crippen LogP contribution is 2.20. The van der Waals surface area contributed by atoms with Gasteiger partial charge in [-0.2, -0.15) is 0 Å². The van der Waals surface area contributed by atoms with Gasteiger partial charge >= 0.3 is 0 Å². The SMILES string of the molecule is CCC(CC)(CBr)NC(=O)c1cc(F)cc(Br)c1. The molecule has 0 saturated carbocycles. The van der Waals surface area contributed by atoms with Crippen molar-refractivity contribution in [2.75, 3.05) is 5.33 Å². The van der Waals surface area contributed by atoms with E-state index in [-0.39, 0.29) is 11.4 Å². The molecule has 5 heteroatoms. The van der Waals surface area contributed by atoms with Crippen molar-refractivity contribution in [1.29, 1.82) is 0 Å². The summed E-state index contributed by atoms with van der Waals surface area (Å²) in [7, 11) is 0. The minimum atomic E-state index is -0.424. The van der Waals surface area contributed by atoms with Crippen molar-refractivity contribution in [3.8, 4) is 0 Å². The zero-order valence-electron chi connectivity index (χ0n) is 10.4. The van der Waals surface area contributed by atoms with Crippen LogP contribution in [0.3, 0.4) is 0 Å². The second-order valence-corrected chi connectivity index (χ2v) is 5.71. The van der Waals surface area contributed by atoms with Gasteiger partial charge in [-0.1, -0.05) is 45.7 Å². The van der Waals surface area contributed by atoms with E-state index in [0.29, 0.717) is 15.4 Å². The molecule has 0 aliphatic carbocycles. The maximum absolute atomic E-state index is 13.2. The van der Waals surface area contributed by atoms with Crippen molar-refractivity contribution in [3.63, 3.8) is 0 Å². The number of hydrogen-bond donors (Lipinski definition) is 1. The second kappa shape index (κ2) is 6.66. The highest BCUT2D eigenvalue weighted by atomic mass is 79.9. The lowest BCUT2D eigenvalue weighted by atomic mass is 9.95. The number of carbonyl (C=O) groups is 1. The van der Waals surface area contributed by atoms with E-state index in [9.17, 15) is 9.18 Å². The summed E-state index contributed by atoms with van der Waals surface area (Å²) < 4.78 is 13.8. The molecule has 100 valence electrons. The fraction of sp³-hybridized carbons (Fsp3) is 0.462. The number of alkyl halides is 1. The van der Waals surface area contributed by atoms with Gasteiger partial charge in [0.25, 0.3) is 5.91 Å². The van der Waals surface area contributed by atoms with Crippen molar-refractivity contribution >= 4 is 37.8 Å². The number of halogens is 3. The standard InChI is InChI=1S/C13H16Br2FNO/c1-3-13(4-2,8-14)17-12(18)9-5-10(15)7-11(16)6-9/h5-7H,3-4,8H2,1-2H3,(H,17,18). The maximum atomic E-state index is 13.2. The minimum absolute atomic E-state index is 0.252. The Morgan fingerprint density at radius 3 is 2.39 bits per heavy atom. The van der Waals surface area contributed by atoms with Crippen LogP contribution in [0.15, 0.2) is 22.7 Å². The smallest absolute Gasteiger partial charge is 0.251 e. The average molecular weight is 381 g/mol. The summed E-state index contributed by atoms with van der Waals surface area (Å²) in [5.74, 6) is -0.676. The molecular formula is C13H16Br2FNO. The van der Waals surface area contributed by atoms with Crippen molar-refractivity contribution < 1.29 is 9.18 Å². The summed E-state index contributed by atoms with van der Waals surface area (Å²) in [5.41, 5.74) is 0.0460. The first-order valence-corrected chi connectivity index (χ1v) is 7.72. The Morgan fingerprint density at radius 2 is 1.94 bits per heavy atom. The molecule has 0 spiro atoms.